The highest BCUT2D eigenvalue weighted by Crippen LogP contribution is 2.43. The molecular formula is C41H24N4S. The number of para-hydroxylation sites is 1. The Bertz CT molecular complexity index is 2720. The van der Waals surface area contributed by atoms with E-state index in [0.717, 1.165) is 43.7 Å². The Kier molecular flexibility index (Phi) is 5.41. The molecule has 0 saturated heterocycles. The van der Waals surface area contributed by atoms with Gasteiger partial charge in [-0.15, -0.1) is 11.3 Å². The molecule has 0 N–H and O–H groups in total. The van der Waals surface area contributed by atoms with Crippen molar-refractivity contribution in [2.75, 3.05) is 0 Å². The monoisotopic (exact) mass is 604 g/mol. The first-order valence-corrected chi connectivity index (χ1v) is 16.2. The summed E-state index contributed by atoms with van der Waals surface area (Å²) in [6.07, 6.45) is 0. The van der Waals surface area contributed by atoms with Gasteiger partial charge < -0.3 is 0 Å². The Morgan fingerprint density at radius 3 is 1.67 bits per heavy atom. The lowest BCUT2D eigenvalue weighted by atomic mass is 10.0. The Morgan fingerprint density at radius 1 is 0.413 bits per heavy atom. The molecule has 4 nitrogen and oxygen atoms in total. The van der Waals surface area contributed by atoms with Crippen molar-refractivity contribution < 1.29 is 0 Å². The van der Waals surface area contributed by atoms with Crippen molar-refractivity contribution in [2.45, 2.75) is 0 Å². The van der Waals surface area contributed by atoms with E-state index < -0.39 is 0 Å². The van der Waals surface area contributed by atoms with Gasteiger partial charge in [0.05, 0.1) is 11.0 Å². The summed E-state index contributed by atoms with van der Waals surface area (Å²) >= 11 is 1.85. The molecule has 0 unspecified atom stereocenters. The first kappa shape index (κ1) is 25.4. The molecule has 0 fully saturated rings. The van der Waals surface area contributed by atoms with Crippen molar-refractivity contribution in [3.63, 3.8) is 0 Å². The topological polar surface area (TPSA) is 43.6 Å². The summed E-state index contributed by atoms with van der Waals surface area (Å²) in [4.78, 5) is 15.7. The van der Waals surface area contributed by atoms with E-state index in [4.69, 9.17) is 15.0 Å². The van der Waals surface area contributed by atoms with Crippen LogP contribution in [0.3, 0.4) is 0 Å². The summed E-state index contributed by atoms with van der Waals surface area (Å²) in [7, 11) is 0. The summed E-state index contributed by atoms with van der Waals surface area (Å²) in [5, 5.41) is 9.51. The van der Waals surface area contributed by atoms with Crippen LogP contribution in [0.1, 0.15) is 0 Å². The molecule has 10 aromatic rings. The van der Waals surface area contributed by atoms with Crippen molar-refractivity contribution >= 4 is 74.9 Å². The third-order valence-electron chi connectivity index (χ3n) is 9.06. The zero-order valence-electron chi connectivity index (χ0n) is 24.6. The molecular weight excluding hydrogens is 581 g/mol. The van der Waals surface area contributed by atoms with Crippen molar-refractivity contribution in [3.8, 4) is 28.7 Å². The fourth-order valence-electron chi connectivity index (χ4n) is 7.00. The number of rotatable bonds is 3. The smallest absolute Gasteiger partial charge is 0.238 e. The number of fused-ring (bicyclic) bond motifs is 9. The summed E-state index contributed by atoms with van der Waals surface area (Å²) in [6.45, 7) is 0. The molecule has 0 radical (unpaired) electrons. The maximum absolute atomic E-state index is 5.27. The van der Waals surface area contributed by atoms with E-state index >= 15 is 0 Å². The predicted molar refractivity (Wildman–Crippen MR) is 193 cm³/mol. The molecule has 0 amide bonds. The van der Waals surface area contributed by atoms with Gasteiger partial charge in [0.25, 0.3) is 0 Å². The van der Waals surface area contributed by atoms with Gasteiger partial charge in [-0.2, -0.15) is 9.97 Å². The second-order valence-electron chi connectivity index (χ2n) is 11.6. The molecule has 3 aromatic heterocycles. The fraction of sp³-hybridized carbons (Fsp3) is 0. The molecule has 0 saturated carbocycles. The maximum Gasteiger partial charge on any atom is 0.238 e. The Hall–Kier alpha value is -5.91. The molecule has 0 atom stereocenters. The van der Waals surface area contributed by atoms with E-state index in [1.807, 2.05) is 11.3 Å². The third kappa shape index (κ3) is 3.69. The molecule has 0 aliphatic rings. The molecule has 10 rings (SSSR count). The van der Waals surface area contributed by atoms with E-state index in [1.54, 1.807) is 0 Å². The minimum atomic E-state index is 0.604. The SMILES string of the molecule is c1ccc2c(-c3nc(-c4cccc5ccccc45)nc(-n4c5ccccc5c5c6sc7ccccc7c6ccc54)n3)cccc2c1. The normalized spacial score (nSPS) is 11.9. The van der Waals surface area contributed by atoms with Gasteiger partial charge in [-0.3, -0.25) is 4.57 Å². The Labute approximate surface area is 267 Å². The molecule has 0 aliphatic carbocycles. The van der Waals surface area contributed by atoms with Gasteiger partial charge in [-0.25, -0.2) is 4.98 Å². The molecule has 214 valence electrons. The number of nitrogens with zero attached hydrogens (tertiary/aromatic N) is 4. The molecule has 0 aliphatic heterocycles. The summed E-state index contributed by atoms with van der Waals surface area (Å²) in [5.74, 6) is 1.91. The van der Waals surface area contributed by atoms with E-state index in [9.17, 15) is 0 Å². The largest absolute Gasteiger partial charge is 0.278 e. The number of thiophene rings is 1. The highest BCUT2D eigenvalue weighted by molar-refractivity contribution is 7.26. The van der Waals surface area contributed by atoms with E-state index in [2.05, 4.69) is 150 Å². The average molecular weight is 605 g/mol. The zero-order chi connectivity index (χ0) is 30.2. The Balaban J connectivity index is 1.33. The lowest BCUT2D eigenvalue weighted by molar-refractivity contribution is 0.955. The van der Waals surface area contributed by atoms with Gasteiger partial charge >= 0.3 is 0 Å². The van der Waals surface area contributed by atoms with Crippen LogP contribution in [-0.2, 0) is 0 Å². The van der Waals surface area contributed by atoms with E-state index in [1.165, 1.54) is 30.9 Å². The molecule has 0 spiro atoms. The van der Waals surface area contributed by atoms with Crippen LogP contribution in [-0.4, -0.2) is 19.5 Å². The molecule has 0 bridgehead atoms. The van der Waals surface area contributed by atoms with Crippen LogP contribution in [0, 0.1) is 0 Å². The van der Waals surface area contributed by atoms with Crippen molar-refractivity contribution in [1.29, 1.82) is 0 Å². The van der Waals surface area contributed by atoms with Crippen molar-refractivity contribution in [2.24, 2.45) is 0 Å². The molecule has 46 heavy (non-hydrogen) atoms. The second-order valence-corrected chi connectivity index (χ2v) is 12.7. The Morgan fingerprint density at radius 2 is 0.978 bits per heavy atom. The standard InChI is InChI=1S/C41H24N4S/c1-3-15-27-25(11-1)13-9-19-31(27)39-42-40(32-20-10-14-26-12-2-4-16-28(26)32)44-41(43-39)45-34-21-7-5-18-33(34)37-35(45)24-23-30-29-17-6-8-22-36(29)46-38(30)37/h1-24H. The first-order chi connectivity index (χ1) is 22.8. The second kappa shape index (κ2) is 9.80. The fourth-order valence-corrected chi connectivity index (χ4v) is 8.26. The highest BCUT2D eigenvalue weighted by atomic mass is 32.1. The van der Waals surface area contributed by atoms with Crippen molar-refractivity contribution in [1.82, 2.24) is 19.5 Å². The van der Waals surface area contributed by atoms with Crippen LogP contribution in [0.25, 0.3) is 92.2 Å². The number of hydrogen-bond acceptors (Lipinski definition) is 4. The van der Waals surface area contributed by atoms with Crippen LogP contribution in [0.4, 0.5) is 0 Å². The van der Waals surface area contributed by atoms with Gasteiger partial charge in [0.1, 0.15) is 0 Å². The molecule has 7 aromatic carbocycles. The lowest BCUT2D eigenvalue weighted by Gasteiger charge is -2.13. The summed E-state index contributed by atoms with van der Waals surface area (Å²) in [5.41, 5.74) is 4.12. The number of benzene rings is 7. The van der Waals surface area contributed by atoms with E-state index in [-0.39, 0.29) is 0 Å². The van der Waals surface area contributed by atoms with Gasteiger partial charge in [0, 0.05) is 42.1 Å². The van der Waals surface area contributed by atoms with Crippen LogP contribution in [0.15, 0.2) is 146 Å². The minimum absolute atomic E-state index is 0.604. The first-order valence-electron chi connectivity index (χ1n) is 15.4. The van der Waals surface area contributed by atoms with Gasteiger partial charge in [-0.1, -0.05) is 127 Å². The predicted octanol–water partition coefficient (Wildman–Crippen LogP) is 11.0. The van der Waals surface area contributed by atoms with Crippen LogP contribution in [0.5, 0.6) is 0 Å². The maximum atomic E-state index is 5.27. The molecule has 3 heterocycles. The van der Waals surface area contributed by atoms with Crippen LogP contribution in [0.2, 0.25) is 0 Å². The van der Waals surface area contributed by atoms with E-state index in [0.29, 0.717) is 17.6 Å². The quantitative estimate of drug-likeness (QED) is 0.201. The van der Waals surface area contributed by atoms with Gasteiger partial charge in [-0.05, 0) is 39.7 Å². The van der Waals surface area contributed by atoms with Crippen LogP contribution >= 0.6 is 11.3 Å². The average Bonchev–Trinajstić information content (AvgIpc) is 3.67. The molecule has 5 heteroatoms. The van der Waals surface area contributed by atoms with Crippen LogP contribution < -0.4 is 0 Å². The van der Waals surface area contributed by atoms with Gasteiger partial charge in [0.2, 0.25) is 5.95 Å². The summed E-state index contributed by atoms with van der Waals surface area (Å²) in [6, 6.07) is 51.3. The minimum Gasteiger partial charge on any atom is -0.278 e. The number of aromatic nitrogens is 4. The third-order valence-corrected chi connectivity index (χ3v) is 10.3. The van der Waals surface area contributed by atoms with Crippen molar-refractivity contribution in [3.05, 3.63) is 146 Å². The highest BCUT2D eigenvalue weighted by Gasteiger charge is 2.21. The lowest BCUT2D eigenvalue weighted by Crippen LogP contribution is -2.06. The zero-order valence-corrected chi connectivity index (χ0v) is 25.4. The number of hydrogen-bond donors (Lipinski definition) is 0. The summed E-state index contributed by atoms with van der Waals surface area (Å²) < 4.78 is 4.80. The van der Waals surface area contributed by atoms with Gasteiger partial charge in [0.15, 0.2) is 11.6 Å².